The molecule has 7 unspecified atom stereocenters. The summed E-state index contributed by atoms with van der Waals surface area (Å²) in [6.45, 7) is 3.95. The van der Waals surface area contributed by atoms with Crippen molar-refractivity contribution in [2.24, 2.45) is 23.2 Å². The molecular weight excluding hydrogens is 977 g/mol. The van der Waals surface area contributed by atoms with E-state index in [4.69, 9.17) is 23.7 Å². The zero-order valence-corrected chi connectivity index (χ0v) is 44.6. The third-order valence-corrected chi connectivity index (χ3v) is 19.4. The maximum Gasteiger partial charge on any atom is 0.254 e. The molecule has 15 nitrogen and oxygen atoms in total. The number of aliphatic hydroxyl groups is 3. The van der Waals surface area contributed by atoms with E-state index in [1.165, 1.54) is 19.3 Å². The summed E-state index contributed by atoms with van der Waals surface area (Å²) in [7, 11) is 3.37. The number of methoxy groups -OCH3 is 1. The van der Waals surface area contributed by atoms with Gasteiger partial charge in [0, 0.05) is 76.0 Å². The van der Waals surface area contributed by atoms with Gasteiger partial charge in [-0.2, -0.15) is 0 Å². The van der Waals surface area contributed by atoms with Crippen LogP contribution in [0.25, 0.3) is 17.2 Å². The van der Waals surface area contributed by atoms with Crippen LogP contribution >= 0.6 is 0 Å². The number of nitrogens with one attached hydrogen (secondary N) is 3. The van der Waals surface area contributed by atoms with E-state index in [1.807, 2.05) is 32.2 Å². The number of hydrogen-bond acceptors (Lipinski definition) is 14. The fraction of sp³-hybridized carbons (Fsp3) is 0.516. The molecule has 77 heavy (non-hydrogen) atoms. The molecule has 4 aromatic carbocycles. The topological polar surface area (TPSA) is 201 Å². The number of anilines is 1. The number of phenolic OH excluding ortho intramolecular Hbond substituents is 1. The van der Waals surface area contributed by atoms with Gasteiger partial charge in [0.25, 0.3) is 11.8 Å². The van der Waals surface area contributed by atoms with Gasteiger partial charge in [0.05, 0.1) is 44.1 Å². The summed E-state index contributed by atoms with van der Waals surface area (Å²) in [6, 6.07) is 15.7. The Hall–Kier alpha value is -6.10. The molecule has 0 bridgehead atoms. The quantitative estimate of drug-likeness (QED) is 0.0302. The number of amides is 2. The molecule has 4 aromatic rings. The van der Waals surface area contributed by atoms with Crippen LogP contribution in [-0.4, -0.2) is 103 Å². The molecule has 3 aliphatic heterocycles. The van der Waals surface area contributed by atoms with Crippen LogP contribution in [0.2, 0.25) is 0 Å². The van der Waals surface area contributed by atoms with Crippen molar-refractivity contribution in [3.05, 3.63) is 106 Å². The van der Waals surface area contributed by atoms with Crippen molar-refractivity contribution in [2.45, 2.75) is 120 Å². The minimum atomic E-state index is -1.08. The van der Waals surface area contributed by atoms with Gasteiger partial charge in [-0.3, -0.25) is 19.8 Å². The first-order chi connectivity index (χ1) is 37.5. The number of likely N-dealkylation sites (N-methyl/N-ethyl adjacent to an activating group) is 1. The lowest BCUT2D eigenvalue weighted by molar-refractivity contribution is -0.164. The second-order valence-electron chi connectivity index (χ2n) is 22.9. The lowest BCUT2D eigenvalue weighted by Crippen LogP contribution is -2.68. The highest BCUT2D eigenvalue weighted by Crippen LogP contribution is 2.69. The molecular formula is C62H74N4O11. The predicted molar refractivity (Wildman–Crippen MR) is 291 cm³/mol. The summed E-state index contributed by atoms with van der Waals surface area (Å²) in [5.41, 5.74) is 6.96. The van der Waals surface area contributed by atoms with E-state index in [-0.39, 0.29) is 72.9 Å². The molecule has 7 atom stereocenters. The fourth-order valence-corrected chi connectivity index (χ4v) is 16.2. The van der Waals surface area contributed by atoms with Crippen LogP contribution in [0.5, 0.6) is 34.5 Å². The first-order valence-electron chi connectivity index (χ1n) is 28.3. The van der Waals surface area contributed by atoms with Gasteiger partial charge in [0.2, 0.25) is 5.75 Å². The smallest absolute Gasteiger partial charge is 0.254 e. The molecule has 7 N–H and O–H groups in total. The first kappa shape index (κ1) is 51.6. The van der Waals surface area contributed by atoms with Crippen molar-refractivity contribution >= 4 is 23.6 Å². The Balaban J connectivity index is 0.903. The minimum absolute atomic E-state index is 0.0372. The summed E-state index contributed by atoms with van der Waals surface area (Å²) < 4.78 is 32.0. The van der Waals surface area contributed by atoms with E-state index in [2.05, 4.69) is 46.3 Å². The van der Waals surface area contributed by atoms with E-state index in [0.717, 1.165) is 104 Å². The van der Waals surface area contributed by atoms with E-state index in [1.54, 1.807) is 17.0 Å². The molecule has 0 saturated heterocycles. The molecule has 8 aliphatic rings. The summed E-state index contributed by atoms with van der Waals surface area (Å²) in [6.07, 6.45) is 16.9. The average Bonchev–Trinajstić information content (AvgIpc) is 4.19. The molecule has 5 aliphatic carbocycles. The molecule has 2 amide bonds. The van der Waals surface area contributed by atoms with Crippen LogP contribution in [0.3, 0.4) is 0 Å². The number of aromatic hydroxyl groups is 1. The van der Waals surface area contributed by atoms with Gasteiger partial charge in [-0.25, -0.2) is 0 Å². The zero-order valence-electron chi connectivity index (χ0n) is 44.6. The van der Waals surface area contributed by atoms with Crippen LogP contribution < -0.4 is 39.6 Å². The molecule has 3 fully saturated rings. The Bertz CT molecular complexity index is 3000. The number of rotatable bonds is 17. The number of benzene rings is 4. The second-order valence-corrected chi connectivity index (χ2v) is 22.9. The monoisotopic (exact) mass is 1050 g/mol. The largest absolute Gasteiger partial charge is 0.502 e. The Morgan fingerprint density at radius 3 is 2.34 bits per heavy atom. The second kappa shape index (κ2) is 20.6. The summed E-state index contributed by atoms with van der Waals surface area (Å²) in [4.78, 5) is 29.7. The van der Waals surface area contributed by atoms with Crippen LogP contribution in [0.1, 0.15) is 135 Å². The number of carbonyl (C=O) groups is 2. The normalized spacial score (nSPS) is 26.3. The highest BCUT2D eigenvalue weighted by Gasteiger charge is 2.67. The van der Waals surface area contributed by atoms with E-state index < -0.39 is 35.1 Å². The van der Waals surface area contributed by atoms with Crippen molar-refractivity contribution < 1.29 is 53.7 Å². The molecule has 1 spiro atoms. The fourth-order valence-electron chi connectivity index (χ4n) is 16.2. The average molecular weight is 1050 g/mol. The number of ether oxygens (including phenoxy) is 5. The van der Waals surface area contributed by atoms with Crippen molar-refractivity contribution in [3.63, 3.8) is 0 Å². The van der Waals surface area contributed by atoms with Crippen LogP contribution in [0.15, 0.2) is 66.8 Å². The molecule has 0 radical (unpaired) electrons. The summed E-state index contributed by atoms with van der Waals surface area (Å²) in [5, 5.41) is 58.1. The predicted octanol–water partition coefficient (Wildman–Crippen LogP) is 8.50. The zero-order chi connectivity index (χ0) is 53.2. The standard InChI is InChI=1S/C62H74N4O11/c1-4-64-35-77-47-31-45(74-27-26-63-2)39-15-16-40-52-44(65-59(72)55(47)54(39)52)30-46-53(40)56(70)41(34-76-46)37-28-48(73-3)57(71)49(29-37)75-33-38(32-67)62-25-24-60(20-10-11-21-60)58(43(62)17-14-36-12-6-7-13-42(36)62)61(22-8-5-9-23-61)66-50(68)18-19-51(66)69/h6-7,12-14,17-19,28-31,38,41,43,56,58-59,63-65,67,70-72H,4-5,8-11,15-16,20-27,32-35H2,1-3H3. The van der Waals surface area contributed by atoms with E-state index in [9.17, 15) is 30.0 Å². The number of carbonyl (C=O) groups excluding carboxylic acids is 2. The number of hydrogen-bond donors (Lipinski definition) is 7. The maximum atomic E-state index is 14.0. The van der Waals surface area contributed by atoms with Gasteiger partial charge >= 0.3 is 0 Å². The summed E-state index contributed by atoms with van der Waals surface area (Å²) >= 11 is 0. The number of nitrogens with zero attached hydrogens (tertiary/aromatic N) is 1. The Morgan fingerprint density at radius 1 is 0.831 bits per heavy atom. The van der Waals surface area contributed by atoms with Crippen molar-refractivity contribution in [1.82, 2.24) is 15.5 Å². The highest BCUT2D eigenvalue weighted by atomic mass is 16.5. The number of imide groups is 1. The van der Waals surface area contributed by atoms with Gasteiger partial charge in [-0.05, 0) is 117 Å². The molecule has 3 saturated carbocycles. The van der Waals surface area contributed by atoms with Crippen molar-refractivity contribution in [3.8, 4) is 45.6 Å². The van der Waals surface area contributed by atoms with Crippen molar-refractivity contribution in [1.29, 1.82) is 0 Å². The first-order valence-corrected chi connectivity index (χ1v) is 28.3. The van der Waals surface area contributed by atoms with Crippen LogP contribution in [0, 0.1) is 23.2 Å². The third-order valence-electron chi connectivity index (χ3n) is 19.4. The van der Waals surface area contributed by atoms with Crippen LogP contribution in [0.4, 0.5) is 5.69 Å². The Morgan fingerprint density at radius 2 is 1.58 bits per heavy atom. The molecule has 408 valence electrons. The van der Waals surface area contributed by atoms with E-state index >= 15 is 0 Å². The molecule has 15 heteroatoms. The maximum absolute atomic E-state index is 14.0. The summed E-state index contributed by atoms with van der Waals surface area (Å²) in [5.74, 6) is 0.124. The van der Waals surface area contributed by atoms with E-state index in [0.29, 0.717) is 72.2 Å². The van der Waals surface area contributed by atoms with Gasteiger partial charge in [-0.1, -0.05) is 75.4 Å². The van der Waals surface area contributed by atoms with Gasteiger partial charge in [0.15, 0.2) is 17.7 Å². The number of aliphatic hydroxyl groups excluding tert-OH is 3. The molecule has 12 rings (SSSR count). The molecule has 0 aromatic heterocycles. The minimum Gasteiger partial charge on any atom is -0.502 e. The number of phenols is 1. The lowest BCUT2D eigenvalue weighted by Gasteiger charge is -2.65. The highest BCUT2D eigenvalue weighted by molar-refractivity contribution is 6.13. The molecule has 3 heterocycles. The number of fused-ring (bicyclic) bond motifs is 5. The van der Waals surface area contributed by atoms with Gasteiger partial charge in [0.1, 0.15) is 30.6 Å². The third kappa shape index (κ3) is 8.23. The lowest BCUT2D eigenvalue weighted by atomic mass is 9.41. The number of allylic oxidation sites excluding steroid dienone is 1. The van der Waals surface area contributed by atoms with Crippen LogP contribution in [-0.2, 0) is 27.8 Å². The Kier molecular flexibility index (Phi) is 13.8. The SMILES string of the molecule is CCNCOc1cc(OCCNC)c2c3c1C(O)Nc1cc4c(c(c1-3)CC2)C(O)C(c1cc(OC)c(O)c(OCC(CO)C23CCC5(CCCC5)C(C5(N6C(=O)C=CC6=O)CCCCC5)C2C=Cc2ccccc23)c1)CO4. The van der Waals surface area contributed by atoms with Crippen molar-refractivity contribution in [2.75, 3.05) is 65.7 Å². The van der Waals surface area contributed by atoms with Gasteiger partial charge < -0.3 is 54.7 Å². The van der Waals surface area contributed by atoms with Gasteiger partial charge in [-0.15, -0.1) is 0 Å². The Labute approximate surface area is 451 Å².